The van der Waals surface area contributed by atoms with Crippen LogP contribution in [0, 0.1) is 6.92 Å². The highest BCUT2D eigenvalue weighted by Crippen LogP contribution is 2.27. The maximum Gasteiger partial charge on any atom is 0.210 e. The van der Waals surface area contributed by atoms with Gasteiger partial charge < -0.3 is 5.32 Å². The summed E-state index contributed by atoms with van der Waals surface area (Å²) in [5.41, 5.74) is 3.17. The Bertz CT molecular complexity index is 801. The zero-order valence-corrected chi connectivity index (χ0v) is 15.8. The van der Waals surface area contributed by atoms with Gasteiger partial charge in [0.15, 0.2) is 5.13 Å². The first kappa shape index (κ1) is 16.9. The monoisotopic (exact) mass is 360 g/mol. The number of thiazole rings is 1. The van der Waals surface area contributed by atoms with Gasteiger partial charge in [0.1, 0.15) is 0 Å². The number of anilines is 2. The third kappa shape index (κ3) is 4.12. The fourth-order valence-electron chi connectivity index (χ4n) is 2.02. The number of nitrogens with one attached hydrogen (secondary N) is 1. The van der Waals surface area contributed by atoms with E-state index in [0.29, 0.717) is 0 Å². The Balaban J connectivity index is 1.62. The van der Waals surface area contributed by atoms with Crippen LogP contribution in [0.5, 0.6) is 0 Å². The molecule has 126 valence electrons. The maximum atomic E-state index is 4.63. The second-order valence-corrected chi connectivity index (χ2v) is 8.27. The molecule has 3 aromatic rings. The summed E-state index contributed by atoms with van der Waals surface area (Å²) < 4.78 is 1.84. The Morgan fingerprint density at radius 1 is 1.21 bits per heavy atom. The van der Waals surface area contributed by atoms with Crippen LogP contribution in [-0.2, 0) is 11.3 Å². The van der Waals surface area contributed by atoms with Crippen molar-refractivity contribution < 1.29 is 0 Å². The van der Waals surface area contributed by atoms with Crippen LogP contribution in [-0.4, -0.2) is 25.2 Å². The van der Waals surface area contributed by atoms with Gasteiger partial charge in [0.05, 0.1) is 11.2 Å². The quantitative estimate of drug-likeness (QED) is 0.687. The zero-order valence-electron chi connectivity index (χ0n) is 14.1. The second kappa shape index (κ2) is 6.90. The van der Waals surface area contributed by atoms with Crippen LogP contribution in [0.4, 0.5) is 10.8 Å². The summed E-state index contributed by atoms with van der Waals surface area (Å²) in [4.78, 5) is 4.63. The van der Waals surface area contributed by atoms with Gasteiger partial charge in [-0.3, -0.25) is 0 Å². The van der Waals surface area contributed by atoms with Crippen LogP contribution in [0.15, 0.2) is 34.8 Å². The number of aryl methyl sites for hydroxylation is 1. The Morgan fingerprint density at radius 3 is 2.67 bits per heavy atom. The number of aromatic nitrogens is 5. The number of tetrazole rings is 1. The van der Waals surface area contributed by atoms with Crippen LogP contribution in [0.1, 0.15) is 32.0 Å². The summed E-state index contributed by atoms with van der Waals surface area (Å²) in [5, 5.41) is 19.1. The molecule has 6 nitrogen and oxygen atoms in total. The van der Waals surface area contributed by atoms with E-state index in [0.717, 1.165) is 27.4 Å². The lowest BCUT2D eigenvalue weighted by atomic mass is 10.1. The van der Waals surface area contributed by atoms with Crippen molar-refractivity contribution in [3.63, 3.8) is 0 Å². The molecule has 0 radical (unpaired) electrons. The molecule has 3 rings (SSSR count). The molecule has 1 N–H and O–H groups in total. The third-order valence-corrected chi connectivity index (χ3v) is 5.04. The molecule has 0 unspecified atom stereocenters. The van der Waals surface area contributed by atoms with Gasteiger partial charge in [0.2, 0.25) is 5.16 Å². The average Bonchev–Trinajstić information content (AvgIpc) is 3.16. The minimum Gasteiger partial charge on any atom is -0.332 e. The number of rotatable bonds is 5. The fourth-order valence-corrected chi connectivity index (χ4v) is 3.81. The summed E-state index contributed by atoms with van der Waals surface area (Å²) in [6.07, 6.45) is 0. The minimum absolute atomic E-state index is 0.133. The Hall–Kier alpha value is -1.93. The van der Waals surface area contributed by atoms with E-state index in [1.54, 1.807) is 23.1 Å². The lowest BCUT2D eigenvalue weighted by Gasteiger charge is -2.19. The van der Waals surface area contributed by atoms with Gasteiger partial charge in [-0.2, -0.15) is 0 Å². The van der Waals surface area contributed by atoms with Gasteiger partial charge in [-0.15, -0.1) is 16.4 Å². The van der Waals surface area contributed by atoms with E-state index in [2.05, 4.69) is 83.2 Å². The van der Waals surface area contributed by atoms with Crippen molar-refractivity contribution in [3.05, 3.63) is 40.9 Å². The smallest absolute Gasteiger partial charge is 0.210 e. The molecule has 0 amide bonds. The molecule has 0 saturated carbocycles. The van der Waals surface area contributed by atoms with Crippen molar-refractivity contribution in [3.8, 4) is 0 Å². The molecule has 0 bridgehead atoms. The number of thioether (sulfide) groups is 1. The molecule has 1 aromatic carbocycles. The molecule has 0 atom stereocenters. The molecule has 0 aliphatic heterocycles. The number of hydrogen-bond donors (Lipinski definition) is 1. The highest BCUT2D eigenvalue weighted by Gasteiger charge is 2.20. The van der Waals surface area contributed by atoms with E-state index in [1.807, 2.05) is 4.68 Å². The van der Waals surface area contributed by atoms with Crippen molar-refractivity contribution in [1.82, 2.24) is 25.2 Å². The highest BCUT2D eigenvalue weighted by molar-refractivity contribution is 7.98. The van der Waals surface area contributed by atoms with Crippen LogP contribution in [0.3, 0.4) is 0 Å². The summed E-state index contributed by atoms with van der Waals surface area (Å²) in [5.74, 6) is 0.739. The molecule has 0 aliphatic carbocycles. The lowest BCUT2D eigenvalue weighted by Crippen LogP contribution is -2.24. The van der Waals surface area contributed by atoms with Crippen LogP contribution >= 0.6 is 23.1 Å². The van der Waals surface area contributed by atoms with Gasteiger partial charge in [-0.25, -0.2) is 9.67 Å². The van der Waals surface area contributed by atoms with Gasteiger partial charge in [0, 0.05) is 16.8 Å². The molecule has 0 spiro atoms. The zero-order chi connectivity index (χ0) is 17.2. The summed E-state index contributed by atoms with van der Waals surface area (Å²) in [6.45, 7) is 8.33. The first-order chi connectivity index (χ1) is 11.4. The Kier molecular flexibility index (Phi) is 4.86. The molecule has 0 fully saturated rings. The molecule has 2 heterocycles. The van der Waals surface area contributed by atoms with Crippen molar-refractivity contribution in [2.24, 2.45) is 0 Å². The molecular weight excluding hydrogens is 340 g/mol. The normalized spacial score (nSPS) is 11.7. The van der Waals surface area contributed by atoms with E-state index in [-0.39, 0.29) is 5.54 Å². The van der Waals surface area contributed by atoms with Crippen LogP contribution in [0.25, 0.3) is 0 Å². The van der Waals surface area contributed by atoms with Crippen molar-refractivity contribution >= 4 is 33.9 Å². The first-order valence-corrected chi connectivity index (χ1v) is 9.48. The first-order valence-electron chi connectivity index (χ1n) is 7.61. The van der Waals surface area contributed by atoms with Gasteiger partial charge >= 0.3 is 0 Å². The van der Waals surface area contributed by atoms with Crippen molar-refractivity contribution in [1.29, 1.82) is 0 Å². The predicted octanol–water partition coefficient (Wildman–Crippen LogP) is 4.23. The van der Waals surface area contributed by atoms with Crippen molar-refractivity contribution in [2.75, 3.05) is 5.32 Å². The topological polar surface area (TPSA) is 68.5 Å². The minimum atomic E-state index is -0.133. The predicted molar refractivity (Wildman–Crippen MR) is 98.9 cm³/mol. The van der Waals surface area contributed by atoms with Crippen LogP contribution < -0.4 is 5.32 Å². The van der Waals surface area contributed by atoms with E-state index in [4.69, 9.17) is 0 Å². The summed E-state index contributed by atoms with van der Waals surface area (Å²) >= 11 is 3.20. The molecule has 8 heteroatoms. The highest BCUT2D eigenvalue weighted by atomic mass is 32.2. The van der Waals surface area contributed by atoms with Gasteiger partial charge in [-0.1, -0.05) is 29.5 Å². The van der Waals surface area contributed by atoms with Gasteiger partial charge in [-0.05, 0) is 50.3 Å². The Labute approximate surface area is 149 Å². The Morgan fingerprint density at radius 2 is 1.96 bits per heavy atom. The van der Waals surface area contributed by atoms with Crippen LogP contribution in [0.2, 0.25) is 0 Å². The standard InChI is InChI=1S/C16H20N6S2/c1-11-5-7-12(8-6-11)17-14-18-13(9-23-14)10-24-15-19-20-21-22(15)16(2,3)4/h5-9H,10H2,1-4H3,(H,17,18). The fraction of sp³-hybridized carbons (Fsp3) is 0.375. The average molecular weight is 361 g/mol. The summed E-state index contributed by atoms with van der Waals surface area (Å²) in [7, 11) is 0. The number of nitrogens with zero attached hydrogens (tertiary/aromatic N) is 5. The molecule has 24 heavy (non-hydrogen) atoms. The van der Waals surface area contributed by atoms with E-state index >= 15 is 0 Å². The third-order valence-electron chi connectivity index (χ3n) is 3.28. The number of benzene rings is 1. The largest absolute Gasteiger partial charge is 0.332 e. The second-order valence-electron chi connectivity index (χ2n) is 6.47. The van der Waals surface area contributed by atoms with E-state index < -0.39 is 0 Å². The SMILES string of the molecule is Cc1ccc(Nc2nc(CSc3nnnn3C(C)(C)C)cs2)cc1. The van der Waals surface area contributed by atoms with Gasteiger partial charge in [0.25, 0.3) is 0 Å². The molecule has 0 aliphatic rings. The van der Waals surface area contributed by atoms with Crippen molar-refractivity contribution in [2.45, 2.75) is 44.1 Å². The maximum absolute atomic E-state index is 4.63. The number of hydrogen-bond acceptors (Lipinski definition) is 7. The molecular formula is C16H20N6S2. The molecule has 0 saturated heterocycles. The lowest BCUT2D eigenvalue weighted by molar-refractivity contribution is 0.321. The van der Waals surface area contributed by atoms with E-state index in [9.17, 15) is 0 Å². The summed E-state index contributed by atoms with van der Waals surface area (Å²) in [6, 6.07) is 8.28. The van der Waals surface area contributed by atoms with E-state index in [1.165, 1.54) is 5.56 Å². The molecule has 2 aromatic heterocycles.